The molecular formula is C23H13BrFNO3. The van der Waals surface area contributed by atoms with Gasteiger partial charge in [0, 0.05) is 10.2 Å². The van der Waals surface area contributed by atoms with Gasteiger partial charge >= 0.3 is 0 Å². The molecule has 3 aromatic carbocycles. The third-order valence-electron chi connectivity index (χ3n) is 5.07. The van der Waals surface area contributed by atoms with E-state index in [0.717, 1.165) is 4.47 Å². The average molecular weight is 450 g/mol. The van der Waals surface area contributed by atoms with E-state index in [4.69, 9.17) is 4.42 Å². The maximum atomic E-state index is 13.5. The monoisotopic (exact) mass is 449 g/mol. The zero-order chi connectivity index (χ0) is 20.1. The Labute approximate surface area is 173 Å². The zero-order valence-electron chi connectivity index (χ0n) is 14.9. The first-order chi connectivity index (χ1) is 14.0. The van der Waals surface area contributed by atoms with Gasteiger partial charge in [0.15, 0.2) is 5.43 Å². The Morgan fingerprint density at radius 1 is 0.897 bits per heavy atom. The third-order valence-corrected chi connectivity index (χ3v) is 5.60. The van der Waals surface area contributed by atoms with Gasteiger partial charge in [-0.1, -0.05) is 40.2 Å². The Bertz CT molecular complexity index is 1310. The fourth-order valence-corrected chi connectivity index (χ4v) is 4.01. The molecule has 0 fully saturated rings. The van der Waals surface area contributed by atoms with Crippen LogP contribution in [0.5, 0.6) is 0 Å². The second-order valence-electron chi connectivity index (χ2n) is 6.78. The molecule has 29 heavy (non-hydrogen) atoms. The van der Waals surface area contributed by atoms with E-state index in [9.17, 15) is 14.0 Å². The van der Waals surface area contributed by atoms with Crippen molar-refractivity contribution in [3.8, 4) is 0 Å². The van der Waals surface area contributed by atoms with Crippen LogP contribution in [0.3, 0.4) is 0 Å². The number of halogens is 2. The molecule has 1 aliphatic heterocycles. The van der Waals surface area contributed by atoms with Crippen LogP contribution in [0.2, 0.25) is 0 Å². The number of hydrogen-bond donors (Lipinski definition) is 0. The second-order valence-corrected chi connectivity index (χ2v) is 7.69. The van der Waals surface area contributed by atoms with Crippen molar-refractivity contribution in [2.45, 2.75) is 6.04 Å². The Morgan fingerprint density at radius 2 is 1.59 bits per heavy atom. The highest BCUT2D eigenvalue weighted by Gasteiger charge is 2.43. The Balaban J connectivity index is 1.81. The summed E-state index contributed by atoms with van der Waals surface area (Å²) in [6, 6.07) is 19.2. The predicted molar refractivity (Wildman–Crippen MR) is 112 cm³/mol. The lowest BCUT2D eigenvalue weighted by molar-refractivity contribution is 0.0971. The van der Waals surface area contributed by atoms with E-state index in [1.807, 2.05) is 12.1 Å². The molecule has 0 saturated carbocycles. The molecule has 1 aromatic heterocycles. The van der Waals surface area contributed by atoms with Crippen molar-refractivity contribution < 1.29 is 13.6 Å². The van der Waals surface area contributed by atoms with Crippen molar-refractivity contribution in [3.05, 3.63) is 110 Å². The molecule has 5 rings (SSSR count). The average Bonchev–Trinajstić information content (AvgIpc) is 3.02. The van der Waals surface area contributed by atoms with Crippen molar-refractivity contribution in [1.29, 1.82) is 0 Å². The van der Waals surface area contributed by atoms with Gasteiger partial charge < -0.3 is 4.42 Å². The van der Waals surface area contributed by atoms with E-state index in [0.29, 0.717) is 22.2 Å². The van der Waals surface area contributed by atoms with Crippen LogP contribution < -0.4 is 10.3 Å². The van der Waals surface area contributed by atoms with Gasteiger partial charge in [0.2, 0.25) is 5.76 Å². The van der Waals surface area contributed by atoms with Crippen LogP contribution in [0, 0.1) is 5.82 Å². The summed E-state index contributed by atoms with van der Waals surface area (Å²) in [5, 5.41) is 0.406. The number of anilines is 1. The summed E-state index contributed by atoms with van der Waals surface area (Å²) in [6.45, 7) is 0. The molecule has 0 bridgehead atoms. The summed E-state index contributed by atoms with van der Waals surface area (Å²) in [5.41, 5.74) is 1.61. The summed E-state index contributed by atoms with van der Waals surface area (Å²) in [7, 11) is 0. The molecule has 2 heterocycles. The van der Waals surface area contributed by atoms with Crippen molar-refractivity contribution in [1.82, 2.24) is 0 Å². The minimum Gasteiger partial charge on any atom is -0.450 e. The lowest BCUT2D eigenvalue weighted by Gasteiger charge is -2.25. The summed E-state index contributed by atoms with van der Waals surface area (Å²) in [4.78, 5) is 28.2. The molecule has 0 spiro atoms. The molecule has 4 aromatic rings. The van der Waals surface area contributed by atoms with Crippen LogP contribution in [0.4, 0.5) is 10.1 Å². The molecule has 1 unspecified atom stereocenters. The Kier molecular flexibility index (Phi) is 4.10. The first-order valence-corrected chi connectivity index (χ1v) is 9.74. The van der Waals surface area contributed by atoms with Crippen LogP contribution in [0.1, 0.15) is 27.7 Å². The van der Waals surface area contributed by atoms with Gasteiger partial charge in [-0.05, 0) is 54.1 Å². The number of hydrogen-bond acceptors (Lipinski definition) is 3. The number of rotatable bonds is 2. The molecule has 0 N–H and O–H groups in total. The standard InChI is InChI=1S/C23H13BrFNO3/c24-14-7-11-16(12-8-14)26-20(13-5-9-15(25)10-6-13)19-21(27)17-3-1-2-4-18(17)29-22(19)23(26)28/h1-12,20H. The molecule has 4 nitrogen and oxygen atoms in total. The van der Waals surface area contributed by atoms with Crippen molar-refractivity contribution in [2.24, 2.45) is 0 Å². The van der Waals surface area contributed by atoms with Crippen LogP contribution in [-0.2, 0) is 0 Å². The molecule has 1 atom stereocenters. The SMILES string of the molecule is O=C1c2oc3ccccc3c(=O)c2C(c2ccc(F)cc2)N1c1ccc(Br)cc1. The molecule has 0 aliphatic carbocycles. The van der Waals surface area contributed by atoms with Gasteiger partial charge in [-0.15, -0.1) is 0 Å². The molecule has 1 amide bonds. The number of carbonyl (C=O) groups excluding carboxylic acids is 1. The van der Waals surface area contributed by atoms with Crippen molar-refractivity contribution in [2.75, 3.05) is 4.90 Å². The first-order valence-electron chi connectivity index (χ1n) is 8.95. The lowest BCUT2D eigenvalue weighted by Crippen LogP contribution is -2.29. The highest BCUT2D eigenvalue weighted by molar-refractivity contribution is 9.10. The highest BCUT2D eigenvalue weighted by atomic mass is 79.9. The maximum Gasteiger partial charge on any atom is 0.295 e. The Morgan fingerprint density at radius 3 is 2.31 bits per heavy atom. The van der Waals surface area contributed by atoms with Gasteiger partial charge in [0.05, 0.1) is 17.0 Å². The lowest BCUT2D eigenvalue weighted by atomic mass is 9.98. The molecule has 0 saturated heterocycles. The smallest absolute Gasteiger partial charge is 0.295 e. The van der Waals surface area contributed by atoms with Gasteiger partial charge in [-0.2, -0.15) is 0 Å². The first kappa shape index (κ1) is 17.8. The molecule has 142 valence electrons. The number of nitrogens with zero attached hydrogens (tertiary/aromatic N) is 1. The quantitative estimate of drug-likeness (QED) is 0.409. The minimum absolute atomic E-state index is 0.0194. The normalized spacial score (nSPS) is 15.7. The van der Waals surface area contributed by atoms with E-state index in [2.05, 4.69) is 15.9 Å². The van der Waals surface area contributed by atoms with Crippen molar-refractivity contribution in [3.63, 3.8) is 0 Å². The van der Waals surface area contributed by atoms with E-state index >= 15 is 0 Å². The van der Waals surface area contributed by atoms with Gasteiger partial charge in [-0.25, -0.2) is 4.39 Å². The van der Waals surface area contributed by atoms with Crippen LogP contribution >= 0.6 is 15.9 Å². The van der Waals surface area contributed by atoms with Crippen LogP contribution in [0.15, 0.2) is 86.5 Å². The molecule has 0 radical (unpaired) electrons. The number of amides is 1. The van der Waals surface area contributed by atoms with Gasteiger partial charge in [-0.3, -0.25) is 14.5 Å². The second kappa shape index (κ2) is 6.67. The third kappa shape index (κ3) is 2.79. The summed E-state index contributed by atoms with van der Waals surface area (Å²) in [6.07, 6.45) is 0. The molecule has 1 aliphatic rings. The van der Waals surface area contributed by atoms with Crippen molar-refractivity contribution >= 4 is 38.5 Å². The topological polar surface area (TPSA) is 50.5 Å². The molecule has 6 heteroatoms. The van der Waals surface area contributed by atoms with E-state index < -0.39 is 11.9 Å². The number of carbonyl (C=O) groups is 1. The maximum absolute atomic E-state index is 13.5. The van der Waals surface area contributed by atoms with Crippen LogP contribution in [-0.4, -0.2) is 5.91 Å². The van der Waals surface area contributed by atoms with E-state index in [-0.39, 0.29) is 22.6 Å². The number of benzene rings is 3. The summed E-state index contributed by atoms with van der Waals surface area (Å²) < 4.78 is 20.3. The predicted octanol–water partition coefficient (Wildman–Crippen LogP) is 5.44. The fraction of sp³-hybridized carbons (Fsp3) is 0.0435. The fourth-order valence-electron chi connectivity index (χ4n) is 3.75. The van der Waals surface area contributed by atoms with E-state index in [1.165, 1.54) is 17.0 Å². The Hall–Kier alpha value is -3.25. The largest absolute Gasteiger partial charge is 0.450 e. The zero-order valence-corrected chi connectivity index (χ0v) is 16.5. The summed E-state index contributed by atoms with van der Waals surface area (Å²) >= 11 is 3.39. The van der Waals surface area contributed by atoms with E-state index in [1.54, 1.807) is 48.5 Å². The number of fused-ring (bicyclic) bond motifs is 2. The summed E-state index contributed by atoms with van der Waals surface area (Å²) in [5.74, 6) is -0.774. The molecular weight excluding hydrogens is 437 g/mol. The highest BCUT2D eigenvalue weighted by Crippen LogP contribution is 2.41. The van der Waals surface area contributed by atoms with Crippen LogP contribution in [0.25, 0.3) is 11.0 Å². The van der Waals surface area contributed by atoms with Gasteiger partial charge in [0.25, 0.3) is 5.91 Å². The van der Waals surface area contributed by atoms with Gasteiger partial charge in [0.1, 0.15) is 11.4 Å². The number of para-hydroxylation sites is 1. The minimum atomic E-state index is -0.708.